The molecule has 5 aliphatic rings. The number of nitrogens with zero attached hydrogens (tertiary/aromatic N) is 5. The van der Waals surface area contributed by atoms with Crippen molar-refractivity contribution in [2.24, 2.45) is 16.2 Å². The van der Waals surface area contributed by atoms with E-state index in [1.807, 2.05) is 76.2 Å². The van der Waals surface area contributed by atoms with Gasteiger partial charge in [-0.25, -0.2) is 14.8 Å². The number of carboxylic acid groups (broad SMARTS) is 1. The molecule has 1 aliphatic heterocycles. The van der Waals surface area contributed by atoms with Gasteiger partial charge in [-0.15, -0.1) is 0 Å². The van der Waals surface area contributed by atoms with E-state index in [0.29, 0.717) is 54.6 Å². The van der Waals surface area contributed by atoms with Crippen molar-refractivity contribution in [1.29, 1.82) is 0 Å². The van der Waals surface area contributed by atoms with E-state index >= 15 is 0 Å². The molecular formula is C50H61N7O6S. The summed E-state index contributed by atoms with van der Waals surface area (Å²) in [5.74, 6) is -0.940. The number of thiazole rings is 1. The number of hydrogen-bond acceptors (Lipinski definition) is 11. The molecule has 4 heterocycles. The molecule has 3 aromatic heterocycles. The van der Waals surface area contributed by atoms with Crippen LogP contribution in [0.1, 0.15) is 124 Å². The van der Waals surface area contributed by atoms with Crippen molar-refractivity contribution in [3.8, 4) is 11.1 Å². The van der Waals surface area contributed by atoms with Crippen LogP contribution in [0.5, 0.6) is 0 Å². The summed E-state index contributed by atoms with van der Waals surface area (Å²) < 4.78 is 15.5. The van der Waals surface area contributed by atoms with Gasteiger partial charge in [-0.2, -0.15) is 5.10 Å². The van der Waals surface area contributed by atoms with Gasteiger partial charge in [0.25, 0.3) is 5.91 Å². The highest BCUT2D eigenvalue weighted by molar-refractivity contribution is 7.22. The Hall–Kier alpha value is -5.18. The smallest absolute Gasteiger partial charge is 0.355 e. The topological polar surface area (TPSA) is 161 Å². The van der Waals surface area contributed by atoms with E-state index in [4.69, 9.17) is 19.6 Å². The minimum atomic E-state index is -1.10. The molecule has 0 saturated heterocycles. The molecule has 2 atom stereocenters. The number of aromatic carboxylic acids is 1. The van der Waals surface area contributed by atoms with Gasteiger partial charge in [0, 0.05) is 55.0 Å². The predicted octanol–water partition coefficient (Wildman–Crippen LogP) is 9.22. The first-order valence-corrected chi connectivity index (χ1v) is 23.6. The maximum Gasteiger partial charge on any atom is 0.355 e. The summed E-state index contributed by atoms with van der Waals surface area (Å²) in [7, 11) is 0. The van der Waals surface area contributed by atoms with E-state index in [9.17, 15) is 19.5 Å². The number of para-hydroxylation sites is 1. The van der Waals surface area contributed by atoms with Crippen molar-refractivity contribution in [3.05, 3.63) is 88.9 Å². The molecule has 3 N–H and O–H groups in total. The number of carbonyl (C=O) groups excluding carboxylic acids is 2. The minimum absolute atomic E-state index is 0.000418. The molecule has 0 spiro atoms. The lowest BCUT2D eigenvalue weighted by molar-refractivity contribution is -0.247. The van der Waals surface area contributed by atoms with Crippen molar-refractivity contribution in [2.45, 2.75) is 124 Å². The average Bonchev–Trinajstić information content (AvgIpc) is 3.79. The van der Waals surface area contributed by atoms with Crippen LogP contribution in [0, 0.1) is 23.2 Å². The third kappa shape index (κ3) is 9.06. The summed E-state index contributed by atoms with van der Waals surface area (Å²) in [6, 6.07) is 17.4. The summed E-state index contributed by atoms with van der Waals surface area (Å²) in [5.41, 5.74) is 5.27. The third-order valence-corrected chi connectivity index (χ3v) is 14.8. The number of anilines is 2. The van der Waals surface area contributed by atoms with E-state index in [1.54, 1.807) is 6.20 Å². The van der Waals surface area contributed by atoms with Crippen molar-refractivity contribution in [1.82, 2.24) is 25.1 Å². The second kappa shape index (κ2) is 16.7. The average molecular weight is 888 g/mol. The highest BCUT2D eigenvalue weighted by atomic mass is 32.1. The Kier molecular flexibility index (Phi) is 11.5. The molecule has 64 heavy (non-hydrogen) atoms. The van der Waals surface area contributed by atoms with Gasteiger partial charge in [-0.3, -0.25) is 19.6 Å². The maximum atomic E-state index is 13.7. The van der Waals surface area contributed by atoms with Gasteiger partial charge in [0.05, 0.1) is 28.6 Å². The summed E-state index contributed by atoms with van der Waals surface area (Å²) >= 11 is 1.44. The van der Waals surface area contributed by atoms with E-state index in [1.165, 1.54) is 17.8 Å². The van der Waals surface area contributed by atoms with Crippen molar-refractivity contribution in [2.75, 3.05) is 36.5 Å². The quantitative estimate of drug-likeness (QED) is 0.0679. The number of benzene rings is 2. The van der Waals surface area contributed by atoms with Crippen LogP contribution in [0.15, 0.2) is 60.8 Å². The molecule has 2 aromatic carbocycles. The molecule has 338 valence electrons. The number of nitrogens with one attached hydrogen (secondary N) is 2. The number of esters is 1. The van der Waals surface area contributed by atoms with Crippen LogP contribution in [0.25, 0.3) is 21.3 Å². The van der Waals surface area contributed by atoms with Gasteiger partial charge < -0.3 is 24.8 Å². The molecule has 2 unspecified atom stereocenters. The van der Waals surface area contributed by atoms with Crippen molar-refractivity contribution in [3.63, 3.8) is 0 Å². The number of fused-ring (bicyclic) bond motifs is 2. The molecule has 4 aliphatic carbocycles. The Balaban J connectivity index is 0.881. The van der Waals surface area contributed by atoms with Crippen LogP contribution >= 0.6 is 11.3 Å². The first-order valence-electron chi connectivity index (χ1n) is 22.8. The van der Waals surface area contributed by atoms with Crippen LogP contribution in [-0.4, -0.2) is 80.1 Å². The predicted molar refractivity (Wildman–Crippen MR) is 249 cm³/mol. The number of carboxylic acids is 1. The molecule has 10 rings (SSSR count). The van der Waals surface area contributed by atoms with Gasteiger partial charge in [-0.1, -0.05) is 49.4 Å². The van der Waals surface area contributed by atoms with E-state index in [-0.39, 0.29) is 39.4 Å². The Morgan fingerprint density at radius 2 is 1.69 bits per heavy atom. The van der Waals surface area contributed by atoms with Gasteiger partial charge in [0.1, 0.15) is 11.4 Å². The van der Waals surface area contributed by atoms with Gasteiger partial charge >= 0.3 is 11.9 Å². The Morgan fingerprint density at radius 1 is 0.906 bits per heavy atom. The Bertz CT molecular complexity index is 2560. The third-order valence-electron chi connectivity index (χ3n) is 13.8. The molecule has 1 amide bonds. The number of amides is 1. The van der Waals surface area contributed by atoms with E-state index < -0.39 is 11.6 Å². The van der Waals surface area contributed by atoms with Crippen molar-refractivity contribution < 1.29 is 29.0 Å². The van der Waals surface area contributed by atoms with Crippen LogP contribution in [0.3, 0.4) is 0 Å². The van der Waals surface area contributed by atoms with Crippen LogP contribution in [0.2, 0.25) is 0 Å². The first kappa shape index (κ1) is 44.0. The number of aromatic nitrogens is 4. The van der Waals surface area contributed by atoms with Gasteiger partial charge in [0.15, 0.2) is 10.8 Å². The first-order chi connectivity index (χ1) is 30.4. The summed E-state index contributed by atoms with van der Waals surface area (Å²) in [5, 5.41) is 22.6. The normalized spacial score (nSPS) is 24.8. The van der Waals surface area contributed by atoms with Crippen LogP contribution in [-0.2, 0) is 33.8 Å². The second-order valence-corrected chi connectivity index (χ2v) is 21.9. The van der Waals surface area contributed by atoms with E-state index in [0.717, 1.165) is 90.8 Å². The Labute approximate surface area is 379 Å². The number of carbonyl (C=O) groups is 3. The number of ether oxygens (including phenoxy) is 2. The summed E-state index contributed by atoms with van der Waals surface area (Å²) in [4.78, 5) is 50.2. The molecule has 13 nitrogen and oxygen atoms in total. The number of hydrogen-bond donors (Lipinski definition) is 3. The second-order valence-electron chi connectivity index (χ2n) is 20.9. The lowest BCUT2D eigenvalue weighted by Gasteiger charge is -2.69. The van der Waals surface area contributed by atoms with Gasteiger partial charge in [0.2, 0.25) is 0 Å². The molecule has 14 heteroatoms. The van der Waals surface area contributed by atoms with Crippen LogP contribution in [0.4, 0.5) is 10.9 Å². The number of rotatable bonds is 15. The summed E-state index contributed by atoms with van der Waals surface area (Å²) in [6.07, 6.45) is 10.1. The zero-order valence-electron chi connectivity index (χ0n) is 38.0. The molecule has 5 aromatic rings. The zero-order chi connectivity index (χ0) is 45.1. The molecule has 4 fully saturated rings. The fourth-order valence-electron chi connectivity index (χ4n) is 12.6. The largest absolute Gasteiger partial charge is 0.476 e. The van der Waals surface area contributed by atoms with Crippen LogP contribution < -0.4 is 15.5 Å². The molecule has 4 saturated carbocycles. The summed E-state index contributed by atoms with van der Waals surface area (Å²) in [6.45, 7) is 16.5. The standard InChI is InChI=1S/C50H61N7O6S/c1-32-36(23-52-57(32)31-49-26-47(5)25-48(6,27-49)29-50(28-47,30-49)62-22-20-51-19-10-15-41(58)63-46(2,3)4)34-16-17-40(54-42(34)44(60)61)56-21-18-33-11-9-12-35(37(33)24-56)43(59)55-45-53-38-13-7-8-14-39(38)64-45/h7-9,11-14,16-17,23,51H,10,15,18-22,24-31H2,1-6H3,(H,60,61)(H,53,55,59). The monoisotopic (exact) mass is 887 g/mol. The Morgan fingerprint density at radius 3 is 2.44 bits per heavy atom. The zero-order valence-corrected chi connectivity index (χ0v) is 38.8. The highest BCUT2D eigenvalue weighted by Gasteiger charge is 2.66. The fraction of sp³-hybridized carbons (Fsp3) is 0.520. The minimum Gasteiger partial charge on any atom is -0.476 e. The lowest BCUT2D eigenvalue weighted by Crippen LogP contribution is -2.64. The molecule has 0 radical (unpaired) electrons. The number of pyridine rings is 1. The maximum absolute atomic E-state index is 13.7. The fourth-order valence-corrected chi connectivity index (χ4v) is 13.5. The highest BCUT2D eigenvalue weighted by Crippen LogP contribution is 2.72. The molecule has 4 bridgehead atoms. The lowest BCUT2D eigenvalue weighted by atomic mass is 9.39. The van der Waals surface area contributed by atoms with Crippen molar-refractivity contribution >= 4 is 50.3 Å². The van der Waals surface area contributed by atoms with E-state index in [2.05, 4.69) is 45.1 Å². The SMILES string of the molecule is Cc1c(-c2ccc(N3CCc4cccc(C(=O)Nc5nc6ccccc6s5)c4C3)nc2C(=O)O)cnn1CC12CC3(C)CC(C)(C1)CC(OCCNCCCC(=O)OC(C)(C)C)(C3)C2. The van der Waals surface area contributed by atoms with Gasteiger partial charge in [-0.05, 0) is 143 Å². The molecular weight excluding hydrogens is 827 g/mol.